The Hall–Kier alpha value is -3.91. The third-order valence-electron chi connectivity index (χ3n) is 8.20. The molecule has 41 heavy (non-hydrogen) atoms. The van der Waals surface area contributed by atoms with Crippen LogP contribution >= 0.6 is 0 Å². The minimum absolute atomic E-state index is 0.0371. The first-order valence-electron chi connectivity index (χ1n) is 14.3. The molecule has 5 rings (SSSR count). The quantitative estimate of drug-likeness (QED) is 0.378. The van der Waals surface area contributed by atoms with E-state index in [4.69, 9.17) is 4.99 Å². The van der Waals surface area contributed by atoms with Crippen molar-refractivity contribution in [2.75, 3.05) is 32.7 Å². The molecule has 1 N–H and O–H groups in total. The average molecular weight is 559 g/mol. The number of amides is 2. The van der Waals surface area contributed by atoms with Crippen molar-refractivity contribution in [1.82, 2.24) is 15.1 Å². The predicted molar refractivity (Wildman–Crippen MR) is 156 cm³/mol. The number of nitrogens with zero attached hydrogens (tertiary/aromatic N) is 3. The summed E-state index contributed by atoms with van der Waals surface area (Å²) in [6, 6.07) is 19.5. The highest BCUT2D eigenvalue weighted by Crippen LogP contribution is 2.40. The Morgan fingerprint density at radius 3 is 2.15 bits per heavy atom. The maximum absolute atomic E-state index is 14.0. The van der Waals surface area contributed by atoms with E-state index in [0.717, 1.165) is 38.9 Å². The van der Waals surface area contributed by atoms with Crippen molar-refractivity contribution in [3.63, 3.8) is 0 Å². The third-order valence-corrected chi connectivity index (χ3v) is 8.20. The number of halogens is 2. The summed E-state index contributed by atoms with van der Waals surface area (Å²) in [5, 5.41) is 2.87. The summed E-state index contributed by atoms with van der Waals surface area (Å²) in [6.45, 7) is 7.59. The van der Waals surface area contributed by atoms with Crippen LogP contribution in [-0.4, -0.2) is 60.2 Å². The fraction of sp³-hybridized carbons (Fsp3) is 0.364. The number of benzene rings is 3. The SMILES string of the molecule is CCNC(=O)c1cccc(C2CCN(CCCN3C(=O)C(c4ccc(F)cc4)(c4ccc(F)cc4)N=C3C)CC2)c1. The van der Waals surface area contributed by atoms with Gasteiger partial charge in [0.05, 0.1) is 0 Å². The van der Waals surface area contributed by atoms with E-state index in [2.05, 4.69) is 16.3 Å². The number of amidine groups is 1. The van der Waals surface area contributed by atoms with Gasteiger partial charge in [0.15, 0.2) is 5.54 Å². The third kappa shape index (κ3) is 5.93. The Labute approximate surface area is 240 Å². The lowest BCUT2D eigenvalue weighted by Gasteiger charge is -2.33. The zero-order valence-electron chi connectivity index (χ0n) is 23.6. The van der Waals surface area contributed by atoms with Gasteiger partial charge in [-0.25, -0.2) is 13.8 Å². The molecule has 0 aromatic heterocycles. The number of aliphatic imine (C=N–C) groups is 1. The second-order valence-electron chi connectivity index (χ2n) is 10.8. The lowest BCUT2D eigenvalue weighted by atomic mass is 9.82. The number of rotatable bonds is 9. The zero-order chi connectivity index (χ0) is 29.0. The Bertz CT molecular complexity index is 1370. The van der Waals surface area contributed by atoms with Crippen molar-refractivity contribution in [3.05, 3.63) is 107 Å². The van der Waals surface area contributed by atoms with Crippen molar-refractivity contribution in [2.24, 2.45) is 4.99 Å². The molecule has 0 unspecified atom stereocenters. The average Bonchev–Trinajstić information content (AvgIpc) is 3.24. The van der Waals surface area contributed by atoms with E-state index >= 15 is 0 Å². The van der Waals surface area contributed by atoms with E-state index in [0.29, 0.717) is 41.5 Å². The molecule has 6 nitrogen and oxygen atoms in total. The monoisotopic (exact) mass is 558 g/mol. The molecule has 2 amide bonds. The molecule has 8 heteroatoms. The van der Waals surface area contributed by atoms with Crippen molar-refractivity contribution in [3.8, 4) is 0 Å². The Morgan fingerprint density at radius 1 is 0.951 bits per heavy atom. The predicted octanol–water partition coefficient (Wildman–Crippen LogP) is 5.49. The van der Waals surface area contributed by atoms with Gasteiger partial charge in [0.25, 0.3) is 11.8 Å². The van der Waals surface area contributed by atoms with Gasteiger partial charge >= 0.3 is 0 Å². The molecule has 0 bridgehead atoms. The van der Waals surface area contributed by atoms with Crippen molar-refractivity contribution in [1.29, 1.82) is 0 Å². The molecule has 0 radical (unpaired) electrons. The Morgan fingerprint density at radius 2 is 1.56 bits per heavy atom. The fourth-order valence-electron chi connectivity index (χ4n) is 6.02. The van der Waals surface area contributed by atoms with Crippen LogP contribution in [0.2, 0.25) is 0 Å². The van der Waals surface area contributed by atoms with Crippen LogP contribution in [0.1, 0.15) is 66.1 Å². The van der Waals surface area contributed by atoms with Crippen LogP contribution in [0.5, 0.6) is 0 Å². The summed E-state index contributed by atoms with van der Waals surface area (Å²) in [7, 11) is 0. The second-order valence-corrected chi connectivity index (χ2v) is 10.8. The molecule has 2 aliphatic heterocycles. The summed E-state index contributed by atoms with van der Waals surface area (Å²) in [4.78, 5) is 35.2. The van der Waals surface area contributed by atoms with Crippen molar-refractivity contribution >= 4 is 17.6 Å². The molecule has 3 aromatic rings. The Balaban J connectivity index is 1.21. The second kappa shape index (κ2) is 12.3. The van der Waals surface area contributed by atoms with E-state index in [1.165, 1.54) is 29.8 Å². The van der Waals surface area contributed by atoms with Gasteiger partial charge in [0.2, 0.25) is 0 Å². The normalized spacial score (nSPS) is 17.5. The van der Waals surface area contributed by atoms with E-state index in [1.807, 2.05) is 32.0 Å². The van der Waals surface area contributed by atoms with E-state index in [9.17, 15) is 18.4 Å². The van der Waals surface area contributed by atoms with Crippen molar-refractivity contribution in [2.45, 2.75) is 44.6 Å². The molecule has 2 heterocycles. The number of carbonyl (C=O) groups excluding carboxylic acids is 2. The first-order valence-corrected chi connectivity index (χ1v) is 14.3. The molecule has 1 saturated heterocycles. The first kappa shape index (κ1) is 28.6. The largest absolute Gasteiger partial charge is 0.352 e. The minimum atomic E-state index is -1.37. The number of likely N-dealkylation sites (tertiary alicyclic amines) is 1. The van der Waals surface area contributed by atoms with E-state index < -0.39 is 17.2 Å². The van der Waals surface area contributed by atoms with Gasteiger partial charge < -0.3 is 10.2 Å². The highest BCUT2D eigenvalue weighted by Gasteiger charge is 2.49. The number of piperidine rings is 1. The number of carbonyl (C=O) groups is 2. The van der Waals surface area contributed by atoms with Crippen LogP contribution in [-0.2, 0) is 10.3 Å². The molecular formula is C33H36F2N4O2. The molecule has 0 aliphatic carbocycles. The zero-order valence-corrected chi connectivity index (χ0v) is 23.6. The molecule has 0 atom stereocenters. The molecule has 1 fully saturated rings. The summed E-state index contributed by atoms with van der Waals surface area (Å²) in [5.41, 5.74) is 1.65. The summed E-state index contributed by atoms with van der Waals surface area (Å²) >= 11 is 0. The minimum Gasteiger partial charge on any atom is -0.352 e. The topological polar surface area (TPSA) is 65.0 Å². The molecule has 214 valence electrons. The lowest BCUT2D eigenvalue weighted by Crippen LogP contribution is -2.43. The number of nitrogens with one attached hydrogen (secondary N) is 1. The van der Waals surface area contributed by atoms with Crippen LogP contribution in [0, 0.1) is 11.6 Å². The van der Waals surface area contributed by atoms with Gasteiger partial charge in [-0.2, -0.15) is 0 Å². The molecule has 3 aromatic carbocycles. The van der Waals surface area contributed by atoms with Gasteiger partial charge in [0.1, 0.15) is 17.5 Å². The van der Waals surface area contributed by atoms with Crippen LogP contribution in [0.4, 0.5) is 8.78 Å². The lowest BCUT2D eigenvalue weighted by molar-refractivity contribution is -0.130. The van der Waals surface area contributed by atoms with Crippen LogP contribution < -0.4 is 5.32 Å². The first-order chi connectivity index (χ1) is 19.8. The van der Waals surface area contributed by atoms with E-state index in [1.54, 1.807) is 29.2 Å². The highest BCUT2D eigenvalue weighted by molar-refractivity contribution is 6.09. The van der Waals surface area contributed by atoms with Crippen LogP contribution in [0.25, 0.3) is 0 Å². The maximum Gasteiger partial charge on any atom is 0.265 e. The summed E-state index contributed by atoms with van der Waals surface area (Å²) in [5.74, 6) is -0.0330. The van der Waals surface area contributed by atoms with E-state index in [-0.39, 0.29) is 11.8 Å². The fourth-order valence-corrected chi connectivity index (χ4v) is 6.02. The van der Waals surface area contributed by atoms with Crippen LogP contribution in [0.15, 0.2) is 77.8 Å². The molecule has 0 saturated carbocycles. The molecule has 0 spiro atoms. The summed E-state index contributed by atoms with van der Waals surface area (Å²) in [6.07, 6.45) is 2.80. The van der Waals surface area contributed by atoms with Gasteiger partial charge in [-0.15, -0.1) is 0 Å². The van der Waals surface area contributed by atoms with Crippen molar-refractivity contribution < 1.29 is 18.4 Å². The summed E-state index contributed by atoms with van der Waals surface area (Å²) < 4.78 is 27.5. The molecular weight excluding hydrogens is 522 g/mol. The molecule has 2 aliphatic rings. The smallest absolute Gasteiger partial charge is 0.265 e. The maximum atomic E-state index is 14.0. The van der Waals surface area contributed by atoms with Gasteiger partial charge in [-0.05, 0) is 112 Å². The van der Waals surface area contributed by atoms with Gasteiger partial charge in [0, 0.05) is 18.7 Å². The van der Waals surface area contributed by atoms with Crippen LogP contribution in [0.3, 0.4) is 0 Å². The standard InChI is InChI=1S/C33H36F2N4O2/c1-3-36-31(40)26-7-4-6-25(22-26)24-16-20-38(21-17-24)18-5-19-39-23(2)37-33(32(39)41,27-8-12-29(34)13-9-27)28-10-14-30(35)15-11-28/h4,6-15,22,24H,3,5,16-21H2,1-2H3,(H,36,40). The number of hydrogen-bond donors (Lipinski definition) is 1. The highest BCUT2D eigenvalue weighted by atomic mass is 19.1. The van der Waals surface area contributed by atoms with Gasteiger partial charge in [-0.3, -0.25) is 14.5 Å². The van der Waals surface area contributed by atoms with Gasteiger partial charge in [-0.1, -0.05) is 36.4 Å². The Kier molecular flexibility index (Phi) is 8.59. The number of hydrogen-bond acceptors (Lipinski definition) is 4.